The Morgan fingerprint density at radius 2 is 2.12 bits per heavy atom. The van der Waals surface area contributed by atoms with Gasteiger partial charge in [-0.1, -0.05) is 6.07 Å². The summed E-state index contributed by atoms with van der Waals surface area (Å²) >= 11 is 0. The van der Waals surface area contributed by atoms with Crippen LogP contribution in [0.5, 0.6) is 11.5 Å². The van der Waals surface area contributed by atoms with Gasteiger partial charge >= 0.3 is 0 Å². The van der Waals surface area contributed by atoms with E-state index in [1.165, 1.54) is 0 Å². The van der Waals surface area contributed by atoms with Gasteiger partial charge in [0.15, 0.2) is 11.5 Å². The molecule has 4 rings (SSSR count). The Morgan fingerprint density at radius 1 is 1.25 bits per heavy atom. The molecular weight excluding hydrogens is 306 g/mol. The number of carbonyl (C=O) groups is 1. The zero-order chi connectivity index (χ0) is 16.4. The van der Waals surface area contributed by atoms with Gasteiger partial charge in [0.1, 0.15) is 13.2 Å². The fourth-order valence-electron chi connectivity index (χ4n) is 3.44. The lowest BCUT2D eigenvalue weighted by Crippen LogP contribution is -2.40. The molecule has 0 aliphatic carbocycles. The van der Waals surface area contributed by atoms with Gasteiger partial charge in [0.25, 0.3) is 0 Å². The average Bonchev–Trinajstić information content (AvgIpc) is 3.16. The van der Waals surface area contributed by atoms with E-state index in [4.69, 9.17) is 9.47 Å². The number of rotatable bonds is 3. The van der Waals surface area contributed by atoms with E-state index in [0.29, 0.717) is 25.6 Å². The number of fused-ring (bicyclic) bond motifs is 1. The molecule has 1 aromatic carbocycles. The highest BCUT2D eigenvalue weighted by atomic mass is 16.6. The number of H-pyrrole nitrogens is 1. The molecular formula is C18H21N3O3. The van der Waals surface area contributed by atoms with E-state index in [1.807, 2.05) is 29.2 Å². The number of hydrogen-bond acceptors (Lipinski definition) is 4. The Balaban J connectivity index is 1.42. The van der Waals surface area contributed by atoms with E-state index in [9.17, 15) is 4.79 Å². The van der Waals surface area contributed by atoms with Crippen molar-refractivity contribution in [2.75, 3.05) is 26.3 Å². The molecule has 0 radical (unpaired) electrons. The number of aromatic amines is 1. The number of piperidine rings is 1. The molecule has 1 amide bonds. The Bertz CT molecular complexity index is 714. The number of ether oxygens (including phenoxy) is 2. The second-order valence-electron chi connectivity index (χ2n) is 6.35. The summed E-state index contributed by atoms with van der Waals surface area (Å²) in [6.07, 6.45) is 4.28. The minimum absolute atomic E-state index is 0.163. The SMILES string of the molecule is O=C(Cc1ccc2c(c1)OCCO2)N1CCCC(c2ccn[nH]2)C1. The molecule has 2 aromatic rings. The molecule has 0 spiro atoms. The van der Waals surface area contributed by atoms with Crippen molar-refractivity contribution in [3.63, 3.8) is 0 Å². The first-order valence-electron chi connectivity index (χ1n) is 8.45. The quantitative estimate of drug-likeness (QED) is 0.938. The monoisotopic (exact) mass is 327 g/mol. The normalized spacial score (nSPS) is 20.0. The van der Waals surface area contributed by atoms with Crippen molar-refractivity contribution in [3.8, 4) is 11.5 Å². The molecule has 3 heterocycles. The fraction of sp³-hybridized carbons (Fsp3) is 0.444. The predicted octanol–water partition coefficient (Wildman–Crippen LogP) is 2.13. The molecule has 1 fully saturated rings. The molecule has 2 aliphatic heterocycles. The third kappa shape index (κ3) is 3.09. The summed E-state index contributed by atoms with van der Waals surface area (Å²) in [6.45, 7) is 2.72. The van der Waals surface area contributed by atoms with Crippen LogP contribution in [0.3, 0.4) is 0 Å². The topological polar surface area (TPSA) is 67.5 Å². The van der Waals surface area contributed by atoms with Gasteiger partial charge in [0.2, 0.25) is 5.91 Å². The number of aromatic nitrogens is 2. The van der Waals surface area contributed by atoms with Crippen LogP contribution in [0.4, 0.5) is 0 Å². The first-order valence-corrected chi connectivity index (χ1v) is 8.45. The molecule has 126 valence electrons. The second kappa shape index (κ2) is 6.55. The van der Waals surface area contributed by atoms with Crippen LogP contribution < -0.4 is 9.47 Å². The van der Waals surface area contributed by atoms with Crippen LogP contribution in [0.25, 0.3) is 0 Å². The number of benzene rings is 1. The van der Waals surface area contributed by atoms with Crippen molar-refractivity contribution in [1.82, 2.24) is 15.1 Å². The number of hydrogen-bond donors (Lipinski definition) is 1. The molecule has 1 unspecified atom stereocenters. The van der Waals surface area contributed by atoms with Crippen LogP contribution in [-0.2, 0) is 11.2 Å². The first-order chi connectivity index (χ1) is 11.8. The zero-order valence-corrected chi connectivity index (χ0v) is 13.5. The van der Waals surface area contributed by atoms with Gasteiger partial charge in [-0.2, -0.15) is 5.10 Å². The number of nitrogens with zero attached hydrogens (tertiary/aromatic N) is 2. The van der Waals surface area contributed by atoms with Gasteiger partial charge in [-0.3, -0.25) is 9.89 Å². The minimum Gasteiger partial charge on any atom is -0.486 e. The third-order valence-electron chi connectivity index (χ3n) is 4.70. The van der Waals surface area contributed by atoms with E-state index >= 15 is 0 Å². The largest absolute Gasteiger partial charge is 0.486 e. The van der Waals surface area contributed by atoms with Crippen molar-refractivity contribution >= 4 is 5.91 Å². The summed E-state index contributed by atoms with van der Waals surface area (Å²) in [4.78, 5) is 14.6. The Kier molecular flexibility index (Phi) is 4.11. The van der Waals surface area contributed by atoms with E-state index in [-0.39, 0.29) is 5.91 Å². The number of nitrogens with one attached hydrogen (secondary N) is 1. The fourth-order valence-corrected chi connectivity index (χ4v) is 3.44. The summed E-state index contributed by atoms with van der Waals surface area (Å²) in [6, 6.07) is 7.75. The second-order valence-corrected chi connectivity index (χ2v) is 6.35. The van der Waals surface area contributed by atoms with Crippen molar-refractivity contribution in [2.45, 2.75) is 25.2 Å². The molecule has 0 bridgehead atoms. The number of likely N-dealkylation sites (tertiary alicyclic amines) is 1. The summed E-state index contributed by atoms with van der Waals surface area (Å²) in [5.41, 5.74) is 2.08. The summed E-state index contributed by atoms with van der Waals surface area (Å²) < 4.78 is 11.1. The Labute approximate surface area is 140 Å². The van der Waals surface area contributed by atoms with E-state index in [0.717, 1.165) is 48.7 Å². The predicted molar refractivity (Wildman–Crippen MR) is 88.3 cm³/mol. The highest BCUT2D eigenvalue weighted by Crippen LogP contribution is 2.31. The summed E-state index contributed by atoms with van der Waals surface area (Å²) in [5.74, 6) is 2.01. The lowest BCUT2D eigenvalue weighted by Gasteiger charge is -2.32. The number of carbonyl (C=O) groups excluding carboxylic acids is 1. The van der Waals surface area contributed by atoms with Crippen LogP contribution in [0, 0.1) is 0 Å². The van der Waals surface area contributed by atoms with Crippen LogP contribution in [0.1, 0.15) is 30.0 Å². The minimum atomic E-state index is 0.163. The van der Waals surface area contributed by atoms with Crippen molar-refractivity contribution in [1.29, 1.82) is 0 Å². The zero-order valence-electron chi connectivity index (χ0n) is 13.5. The average molecular weight is 327 g/mol. The van der Waals surface area contributed by atoms with Crippen LogP contribution in [0.15, 0.2) is 30.5 Å². The Hall–Kier alpha value is -2.50. The molecule has 1 saturated heterocycles. The maximum absolute atomic E-state index is 12.7. The summed E-state index contributed by atoms with van der Waals surface area (Å²) in [7, 11) is 0. The smallest absolute Gasteiger partial charge is 0.227 e. The van der Waals surface area contributed by atoms with Gasteiger partial charge in [0, 0.05) is 30.9 Å². The van der Waals surface area contributed by atoms with E-state index < -0.39 is 0 Å². The molecule has 2 aliphatic rings. The van der Waals surface area contributed by atoms with Gasteiger partial charge in [-0.15, -0.1) is 0 Å². The van der Waals surface area contributed by atoms with Gasteiger partial charge in [0.05, 0.1) is 6.42 Å². The lowest BCUT2D eigenvalue weighted by molar-refractivity contribution is -0.131. The molecule has 1 atom stereocenters. The van der Waals surface area contributed by atoms with Crippen molar-refractivity contribution < 1.29 is 14.3 Å². The van der Waals surface area contributed by atoms with E-state index in [1.54, 1.807) is 6.20 Å². The summed E-state index contributed by atoms with van der Waals surface area (Å²) in [5, 5.41) is 7.05. The maximum Gasteiger partial charge on any atom is 0.227 e. The van der Waals surface area contributed by atoms with Crippen molar-refractivity contribution in [3.05, 3.63) is 41.7 Å². The Morgan fingerprint density at radius 3 is 2.96 bits per heavy atom. The van der Waals surface area contributed by atoms with Crippen molar-refractivity contribution in [2.24, 2.45) is 0 Å². The van der Waals surface area contributed by atoms with Crippen LogP contribution in [-0.4, -0.2) is 47.3 Å². The van der Waals surface area contributed by atoms with Crippen LogP contribution in [0.2, 0.25) is 0 Å². The molecule has 6 nitrogen and oxygen atoms in total. The van der Waals surface area contributed by atoms with Crippen LogP contribution >= 0.6 is 0 Å². The highest BCUT2D eigenvalue weighted by Gasteiger charge is 2.25. The van der Waals surface area contributed by atoms with Gasteiger partial charge in [-0.25, -0.2) is 0 Å². The van der Waals surface area contributed by atoms with Gasteiger partial charge < -0.3 is 14.4 Å². The van der Waals surface area contributed by atoms with Gasteiger partial charge in [-0.05, 0) is 36.6 Å². The molecule has 6 heteroatoms. The lowest BCUT2D eigenvalue weighted by atomic mass is 9.94. The molecule has 1 N–H and O–H groups in total. The first kappa shape index (κ1) is 15.1. The molecule has 24 heavy (non-hydrogen) atoms. The molecule has 0 saturated carbocycles. The number of amides is 1. The highest BCUT2D eigenvalue weighted by molar-refractivity contribution is 5.79. The maximum atomic E-state index is 12.7. The molecule has 1 aromatic heterocycles. The van der Waals surface area contributed by atoms with E-state index in [2.05, 4.69) is 10.2 Å². The standard InChI is InChI=1S/C18H21N3O3/c22-18(11-13-3-4-16-17(10-13)24-9-8-23-16)21-7-1-2-14(12-21)15-5-6-19-20-15/h3-6,10,14H,1-2,7-9,11-12H2,(H,19,20). The third-order valence-corrected chi connectivity index (χ3v) is 4.70.